The van der Waals surface area contributed by atoms with Gasteiger partial charge in [-0.15, -0.1) is 0 Å². The van der Waals surface area contributed by atoms with Gasteiger partial charge in [-0.3, -0.25) is 9.69 Å². The average molecular weight is 366 g/mol. The minimum atomic E-state index is 0.204. The molecule has 0 bridgehead atoms. The van der Waals surface area contributed by atoms with E-state index < -0.39 is 0 Å². The highest BCUT2D eigenvalue weighted by atomic mass is 16.5. The van der Waals surface area contributed by atoms with Crippen LogP contribution in [0, 0.1) is 5.92 Å². The maximum Gasteiger partial charge on any atom is 0.227 e. The first-order chi connectivity index (χ1) is 12.8. The number of morpholine rings is 1. The van der Waals surface area contributed by atoms with E-state index in [1.807, 2.05) is 4.90 Å². The van der Waals surface area contributed by atoms with Crippen molar-refractivity contribution in [2.24, 2.45) is 5.92 Å². The van der Waals surface area contributed by atoms with Gasteiger partial charge < -0.3 is 19.3 Å². The number of ether oxygens (including phenoxy) is 2. The second kappa shape index (κ2) is 9.00. The van der Waals surface area contributed by atoms with E-state index in [9.17, 15) is 4.79 Å². The predicted octanol–water partition coefficient (Wildman–Crippen LogP) is 1.20. The van der Waals surface area contributed by atoms with Crippen LogP contribution in [0.15, 0.2) is 0 Å². The summed E-state index contributed by atoms with van der Waals surface area (Å²) in [5.41, 5.74) is 0. The van der Waals surface area contributed by atoms with Gasteiger partial charge in [-0.05, 0) is 58.2 Å². The fourth-order valence-corrected chi connectivity index (χ4v) is 5.25. The summed E-state index contributed by atoms with van der Waals surface area (Å²) < 4.78 is 10.9. The molecule has 4 aliphatic heterocycles. The van der Waals surface area contributed by atoms with Crippen molar-refractivity contribution in [1.82, 2.24) is 14.7 Å². The van der Waals surface area contributed by atoms with Gasteiger partial charge in [-0.2, -0.15) is 0 Å². The van der Waals surface area contributed by atoms with Gasteiger partial charge in [0.25, 0.3) is 0 Å². The molecule has 6 nitrogen and oxygen atoms in total. The molecule has 0 unspecified atom stereocenters. The smallest absolute Gasteiger partial charge is 0.227 e. The summed E-state index contributed by atoms with van der Waals surface area (Å²) in [7, 11) is 0. The van der Waals surface area contributed by atoms with E-state index in [2.05, 4.69) is 9.80 Å². The van der Waals surface area contributed by atoms with Crippen LogP contribution < -0.4 is 0 Å². The Morgan fingerprint density at radius 2 is 1.35 bits per heavy atom. The lowest BCUT2D eigenvalue weighted by Gasteiger charge is -2.45. The Morgan fingerprint density at radius 1 is 0.692 bits per heavy atom. The van der Waals surface area contributed by atoms with E-state index >= 15 is 0 Å². The number of hydrogen-bond donors (Lipinski definition) is 0. The van der Waals surface area contributed by atoms with Crippen molar-refractivity contribution in [3.05, 3.63) is 0 Å². The molecule has 26 heavy (non-hydrogen) atoms. The molecule has 1 atom stereocenters. The van der Waals surface area contributed by atoms with E-state index in [1.54, 1.807) is 0 Å². The van der Waals surface area contributed by atoms with Gasteiger partial charge in [0.05, 0.1) is 19.1 Å². The van der Waals surface area contributed by atoms with Gasteiger partial charge in [-0.1, -0.05) is 0 Å². The molecule has 4 fully saturated rings. The molecule has 4 aliphatic rings. The molecule has 148 valence electrons. The highest BCUT2D eigenvalue weighted by Gasteiger charge is 2.35. The number of likely N-dealkylation sites (tertiary alicyclic amines) is 2. The number of amides is 1. The first-order valence-electron chi connectivity index (χ1n) is 10.7. The van der Waals surface area contributed by atoms with E-state index in [-0.39, 0.29) is 5.92 Å². The summed E-state index contributed by atoms with van der Waals surface area (Å²) in [6, 6.07) is 1.41. The summed E-state index contributed by atoms with van der Waals surface area (Å²) in [6.07, 6.45) is 7.15. The Kier molecular flexibility index (Phi) is 6.46. The molecule has 4 saturated heterocycles. The maximum atomic E-state index is 12.9. The van der Waals surface area contributed by atoms with Gasteiger partial charge >= 0.3 is 0 Å². The van der Waals surface area contributed by atoms with E-state index in [0.29, 0.717) is 25.2 Å². The van der Waals surface area contributed by atoms with Crippen LogP contribution in [0.2, 0.25) is 0 Å². The molecular weight excluding hydrogens is 330 g/mol. The average Bonchev–Trinajstić information content (AvgIpc) is 2.75. The van der Waals surface area contributed by atoms with Crippen LogP contribution in [0.3, 0.4) is 0 Å². The van der Waals surface area contributed by atoms with Crippen molar-refractivity contribution in [3.63, 3.8) is 0 Å². The van der Waals surface area contributed by atoms with Crippen LogP contribution in [0.5, 0.6) is 0 Å². The first kappa shape index (κ1) is 18.7. The van der Waals surface area contributed by atoms with Crippen LogP contribution >= 0.6 is 0 Å². The quantitative estimate of drug-likeness (QED) is 0.752. The normalized spacial score (nSPS) is 31.2. The number of piperidine rings is 2. The van der Waals surface area contributed by atoms with Crippen molar-refractivity contribution < 1.29 is 14.3 Å². The van der Waals surface area contributed by atoms with Crippen molar-refractivity contribution in [1.29, 1.82) is 0 Å². The van der Waals surface area contributed by atoms with Gasteiger partial charge in [0.15, 0.2) is 0 Å². The number of nitrogens with zero attached hydrogens (tertiary/aromatic N) is 3. The third-order valence-corrected chi connectivity index (χ3v) is 6.85. The summed E-state index contributed by atoms with van der Waals surface area (Å²) in [4.78, 5) is 20.2. The molecule has 0 aromatic carbocycles. The van der Waals surface area contributed by atoms with Gasteiger partial charge in [0.2, 0.25) is 5.91 Å². The molecule has 0 N–H and O–H groups in total. The van der Waals surface area contributed by atoms with Crippen LogP contribution in [0.1, 0.15) is 38.5 Å². The third kappa shape index (κ3) is 4.41. The Balaban J connectivity index is 1.26. The largest absolute Gasteiger partial charge is 0.381 e. The molecule has 0 aromatic rings. The standard InChI is InChI=1S/C20H35N3O3/c24-20(22-10-14-26-15-11-22)17-2-1-7-23(16-17)18-3-8-21(9-4-18)19-5-12-25-13-6-19/h17-19H,1-16H2/t17-/m0/s1. The molecule has 0 aliphatic carbocycles. The molecule has 0 spiro atoms. The molecule has 6 heteroatoms. The SMILES string of the molecule is O=C([C@H]1CCCN(C2CCN(C3CCOCC3)CC2)C1)N1CCOCC1. The van der Waals surface area contributed by atoms with E-state index in [1.165, 1.54) is 51.7 Å². The molecule has 4 heterocycles. The highest BCUT2D eigenvalue weighted by Crippen LogP contribution is 2.27. The predicted molar refractivity (Wildman–Crippen MR) is 100 cm³/mol. The molecule has 1 amide bonds. The van der Waals surface area contributed by atoms with Crippen molar-refractivity contribution in [2.45, 2.75) is 50.6 Å². The van der Waals surface area contributed by atoms with E-state index in [4.69, 9.17) is 9.47 Å². The molecule has 4 rings (SSSR count). The van der Waals surface area contributed by atoms with E-state index in [0.717, 1.165) is 45.3 Å². The van der Waals surface area contributed by atoms with Crippen molar-refractivity contribution in [2.75, 3.05) is 65.7 Å². The van der Waals surface area contributed by atoms with Crippen molar-refractivity contribution >= 4 is 5.91 Å². The molecule has 0 saturated carbocycles. The van der Waals surface area contributed by atoms with Crippen LogP contribution in [0.4, 0.5) is 0 Å². The Labute approximate surface area is 157 Å². The van der Waals surface area contributed by atoms with Crippen LogP contribution in [-0.2, 0) is 14.3 Å². The third-order valence-electron chi connectivity index (χ3n) is 6.85. The zero-order valence-electron chi connectivity index (χ0n) is 16.1. The van der Waals surface area contributed by atoms with Gasteiger partial charge in [0.1, 0.15) is 0 Å². The molecular formula is C20H35N3O3. The summed E-state index contributed by atoms with van der Waals surface area (Å²) in [6.45, 7) is 9.40. The first-order valence-corrected chi connectivity index (χ1v) is 10.7. The minimum absolute atomic E-state index is 0.204. The van der Waals surface area contributed by atoms with Gasteiger partial charge in [0, 0.05) is 44.9 Å². The number of rotatable bonds is 3. The lowest BCUT2D eigenvalue weighted by Crippen LogP contribution is -2.53. The zero-order valence-corrected chi connectivity index (χ0v) is 16.1. The summed E-state index contributed by atoms with van der Waals surface area (Å²) >= 11 is 0. The monoisotopic (exact) mass is 365 g/mol. The topological polar surface area (TPSA) is 45.2 Å². The van der Waals surface area contributed by atoms with Crippen LogP contribution in [-0.4, -0.2) is 98.4 Å². The Morgan fingerprint density at radius 3 is 2.08 bits per heavy atom. The Bertz CT molecular complexity index is 455. The second-order valence-corrected chi connectivity index (χ2v) is 8.38. The fourth-order valence-electron chi connectivity index (χ4n) is 5.25. The van der Waals surface area contributed by atoms with Crippen molar-refractivity contribution in [3.8, 4) is 0 Å². The number of hydrogen-bond acceptors (Lipinski definition) is 5. The van der Waals surface area contributed by atoms with Gasteiger partial charge in [-0.25, -0.2) is 0 Å². The fraction of sp³-hybridized carbons (Fsp3) is 0.950. The second-order valence-electron chi connectivity index (χ2n) is 8.38. The van der Waals surface area contributed by atoms with Crippen LogP contribution in [0.25, 0.3) is 0 Å². The highest BCUT2D eigenvalue weighted by molar-refractivity contribution is 5.79. The lowest BCUT2D eigenvalue weighted by atomic mass is 9.92. The minimum Gasteiger partial charge on any atom is -0.381 e. The number of carbonyl (C=O) groups excluding carboxylic acids is 1. The molecule has 0 aromatic heterocycles. The maximum absolute atomic E-state index is 12.9. The molecule has 0 radical (unpaired) electrons. The lowest BCUT2D eigenvalue weighted by molar-refractivity contribution is -0.142. The Hall–Kier alpha value is -0.690. The zero-order chi connectivity index (χ0) is 17.8. The summed E-state index contributed by atoms with van der Waals surface area (Å²) in [5, 5.41) is 0. The number of carbonyl (C=O) groups is 1. The summed E-state index contributed by atoms with van der Waals surface area (Å²) in [5.74, 6) is 0.577.